The highest BCUT2D eigenvalue weighted by Gasteiger charge is 2.26. The normalized spacial score (nSPS) is 18.1. The molecule has 100 valence electrons. The summed E-state index contributed by atoms with van der Waals surface area (Å²) in [6.45, 7) is 11.1. The van der Waals surface area contributed by atoms with Crippen LogP contribution in [0.25, 0.3) is 0 Å². The van der Waals surface area contributed by atoms with Crippen molar-refractivity contribution in [3.63, 3.8) is 0 Å². The molecule has 0 atom stereocenters. The lowest BCUT2D eigenvalue weighted by Crippen LogP contribution is -2.53. The van der Waals surface area contributed by atoms with Crippen LogP contribution in [0.3, 0.4) is 0 Å². The highest BCUT2D eigenvalue weighted by molar-refractivity contribution is 9.10. The molecule has 0 aliphatic carbocycles. The highest BCUT2D eigenvalue weighted by Crippen LogP contribution is 2.28. The molecule has 1 aromatic carbocycles. The van der Waals surface area contributed by atoms with Crippen molar-refractivity contribution >= 4 is 27.3 Å². The van der Waals surface area contributed by atoms with Gasteiger partial charge in [0.1, 0.15) is 0 Å². The zero-order valence-electron chi connectivity index (χ0n) is 11.4. The summed E-state index contributed by atoms with van der Waals surface area (Å²) < 4.78 is 1.04. The number of benzene rings is 1. The minimum atomic E-state index is 0.261. The van der Waals surface area contributed by atoms with Gasteiger partial charge in [-0.05, 0) is 39.0 Å². The molecule has 0 radical (unpaired) electrons. The van der Waals surface area contributed by atoms with E-state index in [9.17, 15) is 0 Å². The third kappa shape index (κ3) is 2.98. The van der Waals surface area contributed by atoms with Gasteiger partial charge in [-0.15, -0.1) is 0 Å². The SMILES string of the molecule is CC(C)(C)N1CCN(c2ccc(Br)cc2N)CC1. The summed E-state index contributed by atoms with van der Waals surface area (Å²) in [4.78, 5) is 4.91. The van der Waals surface area contributed by atoms with Crippen molar-refractivity contribution < 1.29 is 0 Å². The molecule has 1 fully saturated rings. The quantitative estimate of drug-likeness (QED) is 0.809. The van der Waals surface area contributed by atoms with Gasteiger partial charge in [0, 0.05) is 36.2 Å². The Kier molecular flexibility index (Phi) is 3.87. The van der Waals surface area contributed by atoms with Gasteiger partial charge in [-0.1, -0.05) is 15.9 Å². The van der Waals surface area contributed by atoms with E-state index in [1.165, 1.54) is 0 Å². The molecule has 3 nitrogen and oxygen atoms in total. The predicted molar refractivity (Wildman–Crippen MR) is 82.1 cm³/mol. The maximum Gasteiger partial charge on any atom is 0.0601 e. The number of anilines is 2. The van der Waals surface area contributed by atoms with Gasteiger partial charge in [-0.3, -0.25) is 4.90 Å². The molecule has 18 heavy (non-hydrogen) atoms. The molecule has 1 heterocycles. The Morgan fingerprint density at radius 3 is 2.22 bits per heavy atom. The number of nitrogen functional groups attached to an aromatic ring is 1. The molecule has 2 N–H and O–H groups in total. The molecule has 0 aromatic heterocycles. The van der Waals surface area contributed by atoms with Crippen molar-refractivity contribution in [2.24, 2.45) is 0 Å². The fourth-order valence-corrected chi connectivity index (χ4v) is 2.81. The molecule has 0 saturated carbocycles. The van der Waals surface area contributed by atoms with Crippen molar-refractivity contribution in [3.05, 3.63) is 22.7 Å². The van der Waals surface area contributed by atoms with E-state index in [0.29, 0.717) is 0 Å². The number of halogens is 1. The van der Waals surface area contributed by atoms with Crippen LogP contribution in [0.15, 0.2) is 22.7 Å². The topological polar surface area (TPSA) is 32.5 Å². The zero-order valence-corrected chi connectivity index (χ0v) is 13.0. The van der Waals surface area contributed by atoms with Crippen molar-refractivity contribution in [1.29, 1.82) is 0 Å². The van der Waals surface area contributed by atoms with Gasteiger partial charge in [0.2, 0.25) is 0 Å². The molecule has 1 aliphatic heterocycles. The van der Waals surface area contributed by atoms with E-state index in [-0.39, 0.29) is 5.54 Å². The van der Waals surface area contributed by atoms with Crippen LogP contribution in [0.5, 0.6) is 0 Å². The molecule has 0 amide bonds. The van der Waals surface area contributed by atoms with Gasteiger partial charge in [0.25, 0.3) is 0 Å². The first-order valence-electron chi connectivity index (χ1n) is 6.43. The van der Waals surface area contributed by atoms with Crippen LogP contribution in [0.2, 0.25) is 0 Å². The second kappa shape index (κ2) is 5.10. The van der Waals surface area contributed by atoms with Crippen molar-refractivity contribution in [2.75, 3.05) is 36.8 Å². The largest absolute Gasteiger partial charge is 0.397 e. The van der Waals surface area contributed by atoms with Crippen LogP contribution in [0.1, 0.15) is 20.8 Å². The molecule has 0 unspecified atom stereocenters. The number of nitrogens with two attached hydrogens (primary N) is 1. The van der Waals surface area contributed by atoms with Crippen LogP contribution in [-0.2, 0) is 0 Å². The lowest BCUT2D eigenvalue weighted by Gasteiger charge is -2.43. The molecule has 1 aliphatic rings. The number of rotatable bonds is 1. The second-order valence-corrected chi connectivity index (χ2v) is 6.76. The number of hydrogen-bond donors (Lipinski definition) is 1. The average Bonchev–Trinajstić information content (AvgIpc) is 2.28. The Labute approximate surface area is 118 Å². The van der Waals surface area contributed by atoms with Gasteiger partial charge in [-0.2, -0.15) is 0 Å². The van der Waals surface area contributed by atoms with Gasteiger partial charge in [0.05, 0.1) is 11.4 Å². The molecule has 1 saturated heterocycles. The smallest absolute Gasteiger partial charge is 0.0601 e. The molecule has 4 heteroatoms. The minimum absolute atomic E-state index is 0.261. The van der Waals surface area contributed by atoms with Gasteiger partial charge in [-0.25, -0.2) is 0 Å². The van der Waals surface area contributed by atoms with Crippen molar-refractivity contribution in [1.82, 2.24) is 4.90 Å². The van der Waals surface area contributed by atoms with Crippen molar-refractivity contribution in [2.45, 2.75) is 26.3 Å². The molecule has 2 rings (SSSR count). The second-order valence-electron chi connectivity index (χ2n) is 5.85. The first-order chi connectivity index (χ1) is 8.38. The Morgan fingerprint density at radius 2 is 1.72 bits per heavy atom. The van der Waals surface area contributed by atoms with Crippen LogP contribution >= 0.6 is 15.9 Å². The number of piperazine rings is 1. The highest BCUT2D eigenvalue weighted by atomic mass is 79.9. The summed E-state index contributed by atoms with van der Waals surface area (Å²) in [5.41, 5.74) is 8.36. The number of hydrogen-bond acceptors (Lipinski definition) is 3. The fourth-order valence-electron chi connectivity index (χ4n) is 2.43. The van der Waals surface area contributed by atoms with Crippen LogP contribution in [-0.4, -0.2) is 36.6 Å². The van der Waals surface area contributed by atoms with Crippen LogP contribution in [0, 0.1) is 0 Å². The maximum absolute atomic E-state index is 6.09. The van der Waals surface area contributed by atoms with Crippen LogP contribution < -0.4 is 10.6 Å². The third-order valence-corrected chi connectivity index (χ3v) is 4.05. The first kappa shape index (κ1) is 13.7. The molecular weight excluding hydrogens is 290 g/mol. The minimum Gasteiger partial charge on any atom is -0.397 e. The standard InChI is InChI=1S/C14H22BrN3/c1-14(2,3)18-8-6-17(7-9-18)13-5-4-11(15)10-12(13)16/h4-5,10H,6-9,16H2,1-3H3. The first-order valence-corrected chi connectivity index (χ1v) is 7.22. The van der Waals surface area contributed by atoms with Gasteiger partial charge < -0.3 is 10.6 Å². The molecular formula is C14H22BrN3. The third-order valence-electron chi connectivity index (χ3n) is 3.56. The summed E-state index contributed by atoms with van der Waals surface area (Å²) in [7, 11) is 0. The average molecular weight is 312 g/mol. The summed E-state index contributed by atoms with van der Waals surface area (Å²) in [5.74, 6) is 0. The summed E-state index contributed by atoms with van der Waals surface area (Å²) in [5, 5.41) is 0. The molecule has 1 aromatic rings. The van der Waals surface area contributed by atoms with Gasteiger partial charge in [0.15, 0.2) is 0 Å². The van der Waals surface area contributed by atoms with E-state index < -0.39 is 0 Å². The van der Waals surface area contributed by atoms with E-state index in [2.05, 4.69) is 58.6 Å². The Hall–Kier alpha value is -0.740. The van der Waals surface area contributed by atoms with Gasteiger partial charge >= 0.3 is 0 Å². The maximum atomic E-state index is 6.09. The van der Waals surface area contributed by atoms with E-state index in [1.54, 1.807) is 0 Å². The van der Waals surface area contributed by atoms with Crippen LogP contribution in [0.4, 0.5) is 11.4 Å². The van der Waals surface area contributed by atoms with Crippen molar-refractivity contribution in [3.8, 4) is 0 Å². The Morgan fingerprint density at radius 1 is 1.11 bits per heavy atom. The molecule has 0 spiro atoms. The van der Waals surface area contributed by atoms with E-state index in [1.807, 2.05) is 6.07 Å². The predicted octanol–water partition coefficient (Wildman–Crippen LogP) is 2.95. The lowest BCUT2D eigenvalue weighted by molar-refractivity contribution is 0.128. The summed E-state index contributed by atoms with van der Waals surface area (Å²) in [6.07, 6.45) is 0. The Balaban J connectivity index is 2.06. The summed E-state index contributed by atoms with van der Waals surface area (Å²) >= 11 is 3.45. The lowest BCUT2D eigenvalue weighted by atomic mass is 10.0. The Bertz CT molecular complexity index is 418. The van der Waals surface area contributed by atoms with E-state index in [0.717, 1.165) is 42.0 Å². The molecule has 0 bridgehead atoms. The zero-order chi connectivity index (χ0) is 13.3. The fraction of sp³-hybridized carbons (Fsp3) is 0.571. The monoisotopic (exact) mass is 311 g/mol. The van der Waals surface area contributed by atoms with E-state index >= 15 is 0 Å². The van der Waals surface area contributed by atoms with E-state index in [4.69, 9.17) is 5.73 Å². The number of nitrogens with zero attached hydrogens (tertiary/aromatic N) is 2. The summed E-state index contributed by atoms with van der Waals surface area (Å²) in [6, 6.07) is 6.14.